The molecule has 0 aliphatic rings. The standard InChI is InChI=1S/C17H19N3O2S/c1-12(14-7-9-15(22-3)10-8-14)19-20-17(21)13(2)23-16-6-4-5-11-18-16/h4-11,13H,1-3H3,(H,20,21)/b19-12+. The fraction of sp³-hybridized carbons (Fsp3) is 0.235. The van der Waals surface area contributed by atoms with Crippen molar-refractivity contribution >= 4 is 23.4 Å². The van der Waals surface area contributed by atoms with Crippen molar-refractivity contribution in [3.05, 3.63) is 54.2 Å². The number of amides is 1. The fourth-order valence-electron chi connectivity index (χ4n) is 1.78. The zero-order valence-electron chi connectivity index (χ0n) is 13.3. The third-order valence-corrected chi connectivity index (χ3v) is 4.20. The van der Waals surface area contributed by atoms with E-state index in [9.17, 15) is 4.79 Å². The largest absolute Gasteiger partial charge is 0.497 e. The molecule has 1 aromatic carbocycles. The Hall–Kier alpha value is -2.34. The lowest BCUT2D eigenvalue weighted by Gasteiger charge is -2.09. The van der Waals surface area contributed by atoms with Crippen molar-refractivity contribution in [3.8, 4) is 5.75 Å². The second kappa shape index (κ2) is 8.33. The molecule has 0 bridgehead atoms. The molecule has 1 N–H and O–H groups in total. The number of nitrogens with zero attached hydrogens (tertiary/aromatic N) is 2. The van der Waals surface area contributed by atoms with Gasteiger partial charge in [-0.1, -0.05) is 17.8 Å². The molecule has 0 aliphatic heterocycles. The Morgan fingerprint density at radius 3 is 2.61 bits per heavy atom. The Balaban J connectivity index is 1.93. The van der Waals surface area contributed by atoms with E-state index in [2.05, 4.69) is 15.5 Å². The molecule has 0 fully saturated rings. The first-order chi connectivity index (χ1) is 11.1. The molecule has 2 rings (SSSR count). The maximum atomic E-state index is 12.1. The fourth-order valence-corrected chi connectivity index (χ4v) is 2.58. The van der Waals surface area contributed by atoms with Crippen molar-refractivity contribution < 1.29 is 9.53 Å². The molecule has 120 valence electrons. The van der Waals surface area contributed by atoms with Crippen LogP contribution in [0.5, 0.6) is 5.75 Å². The van der Waals surface area contributed by atoms with Crippen molar-refractivity contribution in [3.63, 3.8) is 0 Å². The molecule has 2 aromatic rings. The van der Waals surface area contributed by atoms with Crippen LogP contribution in [0.15, 0.2) is 58.8 Å². The van der Waals surface area contributed by atoms with Crippen molar-refractivity contribution in [2.24, 2.45) is 5.10 Å². The van der Waals surface area contributed by atoms with E-state index in [-0.39, 0.29) is 11.2 Å². The van der Waals surface area contributed by atoms with Crippen LogP contribution in [-0.2, 0) is 4.79 Å². The Bertz CT molecular complexity index is 672. The van der Waals surface area contributed by atoms with Crippen molar-refractivity contribution in [1.29, 1.82) is 0 Å². The molecular formula is C17H19N3O2S. The highest BCUT2D eigenvalue weighted by Crippen LogP contribution is 2.20. The van der Waals surface area contributed by atoms with Crippen LogP contribution in [0.3, 0.4) is 0 Å². The monoisotopic (exact) mass is 329 g/mol. The number of rotatable bonds is 6. The second-order valence-electron chi connectivity index (χ2n) is 4.83. The van der Waals surface area contributed by atoms with Crippen LogP contribution in [0.4, 0.5) is 0 Å². The van der Waals surface area contributed by atoms with Gasteiger partial charge in [0.25, 0.3) is 5.91 Å². The molecule has 0 saturated heterocycles. The first kappa shape index (κ1) is 17.0. The third kappa shape index (κ3) is 5.10. The van der Waals surface area contributed by atoms with E-state index in [4.69, 9.17) is 4.74 Å². The molecule has 6 heteroatoms. The smallest absolute Gasteiger partial charge is 0.253 e. The van der Waals surface area contributed by atoms with Crippen molar-refractivity contribution in [2.75, 3.05) is 7.11 Å². The normalized spacial score (nSPS) is 12.6. The van der Waals surface area contributed by atoms with Crippen LogP contribution in [0.2, 0.25) is 0 Å². The van der Waals surface area contributed by atoms with Crippen LogP contribution < -0.4 is 10.2 Å². The SMILES string of the molecule is COc1ccc(/C(C)=N/NC(=O)C(C)Sc2ccccn2)cc1. The average Bonchev–Trinajstić information content (AvgIpc) is 2.60. The number of carbonyl (C=O) groups is 1. The lowest BCUT2D eigenvalue weighted by Crippen LogP contribution is -2.27. The van der Waals surface area contributed by atoms with Gasteiger partial charge in [0.05, 0.1) is 23.1 Å². The summed E-state index contributed by atoms with van der Waals surface area (Å²) in [5, 5.41) is 4.69. The van der Waals surface area contributed by atoms with E-state index in [1.807, 2.05) is 56.3 Å². The third-order valence-electron chi connectivity index (χ3n) is 3.15. The number of hydrazone groups is 1. The van der Waals surface area contributed by atoms with E-state index in [0.29, 0.717) is 0 Å². The van der Waals surface area contributed by atoms with Crippen LogP contribution in [-0.4, -0.2) is 29.0 Å². The van der Waals surface area contributed by atoms with Gasteiger partial charge in [0, 0.05) is 6.20 Å². The van der Waals surface area contributed by atoms with Gasteiger partial charge in [-0.2, -0.15) is 5.10 Å². The summed E-state index contributed by atoms with van der Waals surface area (Å²) in [4.78, 5) is 16.3. The number of ether oxygens (including phenoxy) is 1. The number of carbonyl (C=O) groups excluding carboxylic acids is 1. The molecule has 5 nitrogen and oxygen atoms in total. The first-order valence-corrected chi connectivity index (χ1v) is 8.04. The van der Waals surface area contributed by atoms with Gasteiger partial charge < -0.3 is 4.74 Å². The summed E-state index contributed by atoms with van der Waals surface area (Å²) in [6.45, 7) is 3.67. The number of methoxy groups -OCH3 is 1. The van der Waals surface area contributed by atoms with Crippen LogP contribution >= 0.6 is 11.8 Å². The highest BCUT2D eigenvalue weighted by Gasteiger charge is 2.14. The number of aromatic nitrogens is 1. The molecule has 1 unspecified atom stereocenters. The summed E-state index contributed by atoms with van der Waals surface area (Å²) in [5.74, 6) is 0.625. The Morgan fingerprint density at radius 2 is 2.00 bits per heavy atom. The second-order valence-corrected chi connectivity index (χ2v) is 6.19. The van der Waals surface area contributed by atoms with Crippen LogP contribution in [0, 0.1) is 0 Å². The molecule has 1 atom stereocenters. The number of nitrogens with one attached hydrogen (secondary N) is 1. The minimum absolute atomic E-state index is 0.159. The predicted octanol–water partition coefficient (Wildman–Crippen LogP) is 3.11. The molecule has 1 amide bonds. The summed E-state index contributed by atoms with van der Waals surface area (Å²) in [6, 6.07) is 13.1. The molecular weight excluding hydrogens is 310 g/mol. The lowest BCUT2D eigenvalue weighted by atomic mass is 10.1. The zero-order chi connectivity index (χ0) is 16.7. The highest BCUT2D eigenvalue weighted by molar-refractivity contribution is 8.00. The Kier molecular flexibility index (Phi) is 6.17. The maximum absolute atomic E-state index is 12.1. The Labute approximate surface area is 140 Å². The first-order valence-electron chi connectivity index (χ1n) is 7.16. The van der Waals surface area contributed by atoms with Gasteiger partial charge in [-0.25, -0.2) is 10.4 Å². The summed E-state index contributed by atoms with van der Waals surface area (Å²) < 4.78 is 5.12. The van der Waals surface area contributed by atoms with Gasteiger partial charge in [0.1, 0.15) is 5.75 Å². The number of thioether (sulfide) groups is 1. The summed E-state index contributed by atoms with van der Waals surface area (Å²) in [6.07, 6.45) is 1.71. The van der Waals surface area contributed by atoms with Crippen LogP contribution in [0.25, 0.3) is 0 Å². The minimum atomic E-state index is -0.280. The number of hydrogen-bond donors (Lipinski definition) is 1. The van der Waals surface area contributed by atoms with Crippen molar-refractivity contribution in [1.82, 2.24) is 10.4 Å². The number of pyridine rings is 1. The average molecular weight is 329 g/mol. The lowest BCUT2D eigenvalue weighted by molar-refractivity contribution is -0.120. The van der Waals surface area contributed by atoms with E-state index in [0.717, 1.165) is 22.1 Å². The Morgan fingerprint density at radius 1 is 1.26 bits per heavy atom. The summed E-state index contributed by atoms with van der Waals surface area (Å²) in [7, 11) is 1.62. The molecule has 0 aliphatic carbocycles. The molecule has 0 saturated carbocycles. The highest BCUT2D eigenvalue weighted by atomic mass is 32.2. The van der Waals surface area contributed by atoms with E-state index < -0.39 is 0 Å². The van der Waals surface area contributed by atoms with E-state index in [1.165, 1.54) is 11.8 Å². The van der Waals surface area contributed by atoms with Gasteiger partial charge in [0.2, 0.25) is 0 Å². The summed E-state index contributed by atoms with van der Waals surface area (Å²) >= 11 is 1.40. The summed E-state index contributed by atoms with van der Waals surface area (Å²) in [5.41, 5.74) is 4.26. The quantitative estimate of drug-likeness (QED) is 0.502. The van der Waals surface area contributed by atoms with Crippen LogP contribution in [0.1, 0.15) is 19.4 Å². The zero-order valence-corrected chi connectivity index (χ0v) is 14.1. The van der Waals surface area contributed by atoms with E-state index in [1.54, 1.807) is 13.3 Å². The molecule has 1 aromatic heterocycles. The maximum Gasteiger partial charge on any atom is 0.253 e. The van der Waals surface area contributed by atoms with Crippen molar-refractivity contribution in [2.45, 2.75) is 24.1 Å². The number of hydrogen-bond acceptors (Lipinski definition) is 5. The molecule has 1 heterocycles. The molecule has 0 spiro atoms. The topological polar surface area (TPSA) is 63.6 Å². The van der Waals surface area contributed by atoms with Gasteiger partial charge in [0.15, 0.2) is 0 Å². The van der Waals surface area contributed by atoms with Gasteiger partial charge in [-0.05, 0) is 55.8 Å². The van der Waals surface area contributed by atoms with Gasteiger partial charge in [-0.15, -0.1) is 0 Å². The predicted molar refractivity (Wildman–Crippen MR) is 92.9 cm³/mol. The molecule has 0 radical (unpaired) electrons. The minimum Gasteiger partial charge on any atom is -0.497 e. The van der Waals surface area contributed by atoms with E-state index >= 15 is 0 Å². The molecule has 23 heavy (non-hydrogen) atoms. The van der Waals surface area contributed by atoms with Gasteiger partial charge >= 0.3 is 0 Å². The van der Waals surface area contributed by atoms with Gasteiger partial charge in [-0.3, -0.25) is 4.79 Å². The number of benzene rings is 1.